The molecule has 1 atom stereocenters. The number of nitrogens with zero attached hydrogens (tertiary/aromatic N) is 3. The Bertz CT molecular complexity index is 1420. The standard InChI is InChI=1S/C23H23FN8O5/c1-11(21(34)29-13-7-25-8-13)28-23(36)17-5-16(31-20-14(24)9-27-32(17)20)22(35)26-6-12-2-3-18-15(4-12)30-19(33)10-37-18/h2-5,9,11,13,25H,6-8,10H2,1H3,(H,26,35)(H,28,36)(H,29,34)(H,30,33)/t11-/m0/s1. The molecule has 0 aliphatic carbocycles. The van der Waals surface area contributed by atoms with E-state index in [0.717, 1.165) is 10.7 Å². The first-order valence-corrected chi connectivity index (χ1v) is 11.5. The Kier molecular flexibility index (Phi) is 6.40. The molecule has 5 N–H and O–H groups in total. The van der Waals surface area contributed by atoms with E-state index >= 15 is 0 Å². The maximum absolute atomic E-state index is 14.3. The third kappa shape index (κ3) is 5.04. The van der Waals surface area contributed by atoms with Crippen molar-refractivity contribution in [1.82, 2.24) is 35.9 Å². The molecule has 37 heavy (non-hydrogen) atoms. The molecule has 4 amide bonds. The zero-order valence-electron chi connectivity index (χ0n) is 19.6. The van der Waals surface area contributed by atoms with Crippen molar-refractivity contribution in [3.8, 4) is 5.75 Å². The Morgan fingerprint density at radius 1 is 1.24 bits per heavy atom. The van der Waals surface area contributed by atoms with Gasteiger partial charge in [0.1, 0.15) is 23.2 Å². The van der Waals surface area contributed by atoms with Gasteiger partial charge in [0.05, 0.1) is 17.9 Å². The van der Waals surface area contributed by atoms with E-state index in [9.17, 15) is 23.6 Å². The molecule has 1 aromatic carbocycles. The smallest absolute Gasteiger partial charge is 0.270 e. The first kappa shape index (κ1) is 24.1. The average Bonchev–Trinajstić information content (AvgIpc) is 3.24. The Labute approximate surface area is 209 Å². The molecule has 0 radical (unpaired) electrons. The van der Waals surface area contributed by atoms with E-state index in [2.05, 4.69) is 36.7 Å². The number of anilines is 1. The van der Waals surface area contributed by atoms with E-state index in [1.54, 1.807) is 18.2 Å². The first-order chi connectivity index (χ1) is 17.8. The van der Waals surface area contributed by atoms with Crippen molar-refractivity contribution in [3.63, 3.8) is 0 Å². The van der Waals surface area contributed by atoms with Gasteiger partial charge in [0.15, 0.2) is 18.1 Å². The van der Waals surface area contributed by atoms with Gasteiger partial charge in [-0.1, -0.05) is 6.07 Å². The summed E-state index contributed by atoms with van der Waals surface area (Å²) in [4.78, 5) is 53.8. The number of ether oxygens (including phenoxy) is 1. The molecule has 2 aromatic heterocycles. The van der Waals surface area contributed by atoms with E-state index in [4.69, 9.17) is 4.74 Å². The second kappa shape index (κ2) is 9.81. The van der Waals surface area contributed by atoms with Crippen molar-refractivity contribution >= 4 is 35.0 Å². The van der Waals surface area contributed by atoms with E-state index in [1.807, 2.05) is 0 Å². The summed E-state index contributed by atoms with van der Waals surface area (Å²) in [6, 6.07) is 5.32. The zero-order chi connectivity index (χ0) is 26.1. The summed E-state index contributed by atoms with van der Waals surface area (Å²) >= 11 is 0. The quantitative estimate of drug-likeness (QED) is 0.279. The van der Waals surface area contributed by atoms with Crippen molar-refractivity contribution in [3.05, 3.63) is 53.2 Å². The maximum Gasteiger partial charge on any atom is 0.270 e. The van der Waals surface area contributed by atoms with Crippen LogP contribution in [0.3, 0.4) is 0 Å². The summed E-state index contributed by atoms with van der Waals surface area (Å²) in [5.41, 5.74) is 0.439. The van der Waals surface area contributed by atoms with Crippen LogP contribution in [0.1, 0.15) is 33.5 Å². The van der Waals surface area contributed by atoms with Crippen LogP contribution in [0.25, 0.3) is 5.65 Å². The molecule has 0 spiro atoms. The largest absolute Gasteiger partial charge is 0.482 e. The van der Waals surface area contributed by atoms with Gasteiger partial charge >= 0.3 is 0 Å². The summed E-state index contributed by atoms with van der Waals surface area (Å²) in [5, 5.41) is 17.6. The molecule has 192 valence electrons. The summed E-state index contributed by atoms with van der Waals surface area (Å²) < 4.78 is 20.6. The van der Waals surface area contributed by atoms with Crippen LogP contribution in [0.5, 0.6) is 5.75 Å². The highest BCUT2D eigenvalue weighted by Crippen LogP contribution is 2.28. The topological polar surface area (TPSA) is 168 Å². The number of halogens is 1. The van der Waals surface area contributed by atoms with Gasteiger partial charge in [0.25, 0.3) is 17.7 Å². The number of fused-ring (bicyclic) bond motifs is 2. The van der Waals surface area contributed by atoms with Crippen molar-refractivity contribution in [2.24, 2.45) is 0 Å². The van der Waals surface area contributed by atoms with E-state index in [0.29, 0.717) is 30.1 Å². The highest BCUT2D eigenvalue weighted by atomic mass is 19.1. The summed E-state index contributed by atoms with van der Waals surface area (Å²) in [6.07, 6.45) is 0.879. The van der Waals surface area contributed by atoms with Gasteiger partial charge in [0.2, 0.25) is 5.91 Å². The number of hydrogen-bond acceptors (Lipinski definition) is 8. The fraction of sp³-hybridized carbons (Fsp3) is 0.304. The van der Waals surface area contributed by atoms with Crippen LogP contribution in [0, 0.1) is 5.82 Å². The lowest BCUT2D eigenvalue weighted by molar-refractivity contribution is -0.123. The lowest BCUT2D eigenvalue weighted by atomic mass is 10.1. The minimum atomic E-state index is -0.887. The monoisotopic (exact) mass is 510 g/mol. The number of carbonyl (C=O) groups is 4. The Balaban J connectivity index is 1.31. The number of amides is 4. The van der Waals surface area contributed by atoms with Gasteiger partial charge in [-0.3, -0.25) is 19.2 Å². The second-order valence-corrected chi connectivity index (χ2v) is 8.66. The van der Waals surface area contributed by atoms with Gasteiger partial charge in [-0.15, -0.1) is 0 Å². The first-order valence-electron chi connectivity index (χ1n) is 11.5. The van der Waals surface area contributed by atoms with Gasteiger partial charge in [-0.25, -0.2) is 13.9 Å². The van der Waals surface area contributed by atoms with E-state index in [-0.39, 0.29) is 48.0 Å². The maximum atomic E-state index is 14.3. The molecule has 2 aliphatic heterocycles. The fourth-order valence-electron chi connectivity index (χ4n) is 3.78. The van der Waals surface area contributed by atoms with E-state index < -0.39 is 23.7 Å². The predicted octanol–water partition coefficient (Wildman–Crippen LogP) is -0.664. The minimum absolute atomic E-state index is 0.00564. The molecule has 0 saturated carbocycles. The van der Waals surface area contributed by atoms with Gasteiger partial charge in [-0.05, 0) is 24.6 Å². The van der Waals surface area contributed by atoms with Crippen molar-refractivity contribution in [2.75, 3.05) is 25.0 Å². The Morgan fingerprint density at radius 2 is 2.05 bits per heavy atom. The fourth-order valence-corrected chi connectivity index (χ4v) is 3.78. The summed E-state index contributed by atoms with van der Waals surface area (Å²) in [7, 11) is 0. The molecule has 0 unspecified atom stereocenters. The van der Waals surface area contributed by atoms with Crippen LogP contribution in [0.15, 0.2) is 30.5 Å². The van der Waals surface area contributed by atoms with Gasteiger partial charge < -0.3 is 31.3 Å². The molecule has 1 saturated heterocycles. The van der Waals surface area contributed by atoms with Crippen molar-refractivity contribution in [1.29, 1.82) is 0 Å². The zero-order valence-corrected chi connectivity index (χ0v) is 19.6. The Morgan fingerprint density at radius 3 is 2.81 bits per heavy atom. The predicted molar refractivity (Wildman–Crippen MR) is 126 cm³/mol. The van der Waals surface area contributed by atoms with Crippen LogP contribution < -0.4 is 31.3 Å². The van der Waals surface area contributed by atoms with Crippen LogP contribution >= 0.6 is 0 Å². The molecular formula is C23H23FN8O5. The molecular weight excluding hydrogens is 487 g/mol. The van der Waals surface area contributed by atoms with Crippen LogP contribution in [0.2, 0.25) is 0 Å². The lowest BCUT2D eigenvalue weighted by Crippen LogP contribution is -2.60. The highest BCUT2D eigenvalue weighted by Gasteiger charge is 2.26. The highest BCUT2D eigenvalue weighted by molar-refractivity contribution is 6.00. The third-order valence-corrected chi connectivity index (χ3v) is 5.89. The lowest BCUT2D eigenvalue weighted by Gasteiger charge is -2.29. The molecule has 4 heterocycles. The number of hydrogen-bond donors (Lipinski definition) is 5. The number of benzene rings is 1. The van der Waals surface area contributed by atoms with E-state index in [1.165, 1.54) is 13.0 Å². The van der Waals surface area contributed by atoms with Crippen LogP contribution in [-0.2, 0) is 16.1 Å². The Hall–Kier alpha value is -4.59. The summed E-state index contributed by atoms with van der Waals surface area (Å²) in [6.45, 7) is 2.80. The number of carbonyl (C=O) groups excluding carboxylic acids is 4. The molecule has 14 heteroatoms. The normalized spacial score (nSPS) is 15.6. The molecule has 3 aromatic rings. The van der Waals surface area contributed by atoms with Gasteiger partial charge in [0, 0.05) is 25.7 Å². The van der Waals surface area contributed by atoms with Crippen molar-refractivity contribution < 1.29 is 28.3 Å². The molecule has 2 aliphatic rings. The van der Waals surface area contributed by atoms with Crippen LogP contribution in [0.4, 0.5) is 10.1 Å². The van der Waals surface area contributed by atoms with Crippen LogP contribution in [-0.4, -0.2) is 70.0 Å². The average molecular weight is 510 g/mol. The van der Waals surface area contributed by atoms with Gasteiger partial charge in [-0.2, -0.15) is 5.10 Å². The number of nitrogens with one attached hydrogen (secondary N) is 5. The third-order valence-electron chi connectivity index (χ3n) is 5.89. The second-order valence-electron chi connectivity index (χ2n) is 8.66. The molecule has 0 bridgehead atoms. The molecule has 13 nitrogen and oxygen atoms in total. The van der Waals surface area contributed by atoms with Crippen molar-refractivity contribution in [2.45, 2.75) is 25.6 Å². The molecule has 5 rings (SSSR count). The number of rotatable bonds is 7. The molecule has 1 fully saturated rings. The number of aromatic nitrogens is 3. The SMILES string of the molecule is C[C@H](NC(=O)c1cc(C(=O)NCc2ccc3c(c2)NC(=O)CO3)nc2c(F)cnn12)C(=O)NC1CNC1. The summed E-state index contributed by atoms with van der Waals surface area (Å²) in [5.74, 6) is -2.37. The minimum Gasteiger partial charge on any atom is -0.482 e.